The number of ether oxygens (including phenoxy) is 1. The molecule has 0 aromatic heterocycles. The molecule has 0 saturated carbocycles. The Balaban J connectivity index is 2.55. The lowest BCUT2D eigenvalue weighted by molar-refractivity contribution is -0.118. The Morgan fingerprint density at radius 3 is 2.18 bits per heavy atom. The molecule has 0 fully saturated rings. The van der Waals surface area contributed by atoms with Gasteiger partial charge in [-0.25, -0.2) is 0 Å². The maximum Gasteiger partial charge on any atom is 0.238 e. The SMILES string of the molecule is CCN(CC(=O)Nc1ccc(NC(C)=O)cc1)[C@@H](C)COC. The third-order valence-corrected chi connectivity index (χ3v) is 3.27. The number of methoxy groups -OCH3 is 1. The largest absolute Gasteiger partial charge is 0.383 e. The summed E-state index contributed by atoms with van der Waals surface area (Å²) in [5.74, 6) is -0.195. The van der Waals surface area contributed by atoms with E-state index in [0.29, 0.717) is 24.5 Å². The second kappa shape index (κ2) is 9.17. The van der Waals surface area contributed by atoms with Gasteiger partial charge in [0.2, 0.25) is 11.8 Å². The molecule has 0 aliphatic rings. The molecule has 6 heteroatoms. The first-order valence-electron chi connectivity index (χ1n) is 7.36. The number of amides is 2. The number of hydrogen-bond donors (Lipinski definition) is 2. The van der Waals surface area contributed by atoms with E-state index < -0.39 is 0 Å². The fourth-order valence-corrected chi connectivity index (χ4v) is 2.15. The summed E-state index contributed by atoms with van der Waals surface area (Å²) < 4.78 is 5.12. The molecule has 1 aromatic carbocycles. The number of rotatable bonds is 8. The molecule has 22 heavy (non-hydrogen) atoms. The second-order valence-corrected chi connectivity index (χ2v) is 5.17. The van der Waals surface area contributed by atoms with Crippen LogP contribution in [0.25, 0.3) is 0 Å². The minimum atomic E-state index is -0.123. The van der Waals surface area contributed by atoms with Crippen LogP contribution in [0.5, 0.6) is 0 Å². The molecule has 0 bridgehead atoms. The van der Waals surface area contributed by atoms with Crippen molar-refractivity contribution in [2.45, 2.75) is 26.8 Å². The zero-order chi connectivity index (χ0) is 16.5. The van der Waals surface area contributed by atoms with Crippen molar-refractivity contribution in [1.82, 2.24) is 4.90 Å². The van der Waals surface area contributed by atoms with Crippen LogP contribution in [0.4, 0.5) is 11.4 Å². The number of carbonyl (C=O) groups is 2. The number of nitrogens with one attached hydrogen (secondary N) is 2. The quantitative estimate of drug-likeness (QED) is 0.770. The molecule has 122 valence electrons. The molecule has 0 aliphatic carbocycles. The van der Waals surface area contributed by atoms with Crippen molar-refractivity contribution in [1.29, 1.82) is 0 Å². The van der Waals surface area contributed by atoms with E-state index in [1.807, 2.05) is 18.7 Å². The van der Waals surface area contributed by atoms with E-state index in [1.165, 1.54) is 6.92 Å². The summed E-state index contributed by atoms with van der Waals surface area (Å²) in [5.41, 5.74) is 1.41. The zero-order valence-electron chi connectivity index (χ0n) is 13.7. The van der Waals surface area contributed by atoms with Crippen LogP contribution in [0.2, 0.25) is 0 Å². The number of nitrogens with zero attached hydrogens (tertiary/aromatic N) is 1. The number of carbonyl (C=O) groups excluding carboxylic acids is 2. The van der Waals surface area contributed by atoms with Crippen molar-refractivity contribution >= 4 is 23.2 Å². The summed E-state index contributed by atoms with van der Waals surface area (Å²) in [6, 6.07) is 7.21. The average Bonchev–Trinajstić information content (AvgIpc) is 2.46. The minimum Gasteiger partial charge on any atom is -0.383 e. The average molecular weight is 307 g/mol. The lowest BCUT2D eigenvalue weighted by Gasteiger charge is -2.26. The molecule has 2 N–H and O–H groups in total. The van der Waals surface area contributed by atoms with Crippen LogP contribution < -0.4 is 10.6 Å². The summed E-state index contributed by atoms with van der Waals surface area (Å²) in [4.78, 5) is 25.1. The summed E-state index contributed by atoms with van der Waals surface area (Å²) in [6.07, 6.45) is 0. The first-order valence-corrected chi connectivity index (χ1v) is 7.36. The minimum absolute atomic E-state index is 0.0721. The van der Waals surface area contributed by atoms with Crippen molar-refractivity contribution in [2.75, 3.05) is 37.4 Å². The van der Waals surface area contributed by atoms with Crippen molar-refractivity contribution in [3.05, 3.63) is 24.3 Å². The van der Waals surface area contributed by atoms with Gasteiger partial charge in [-0.15, -0.1) is 0 Å². The van der Waals surface area contributed by atoms with Gasteiger partial charge in [-0.1, -0.05) is 6.92 Å². The van der Waals surface area contributed by atoms with Gasteiger partial charge in [0.25, 0.3) is 0 Å². The van der Waals surface area contributed by atoms with Crippen LogP contribution >= 0.6 is 0 Å². The Bertz CT molecular complexity index is 488. The molecule has 0 aliphatic heterocycles. The van der Waals surface area contributed by atoms with Gasteiger partial charge in [0, 0.05) is 31.5 Å². The predicted molar refractivity (Wildman–Crippen MR) is 88.0 cm³/mol. The fourth-order valence-electron chi connectivity index (χ4n) is 2.15. The highest BCUT2D eigenvalue weighted by Gasteiger charge is 2.15. The Kier molecular flexibility index (Phi) is 7.56. The molecule has 2 amide bonds. The standard InChI is InChI=1S/C16H25N3O3/c1-5-19(12(2)11-22-4)10-16(21)18-15-8-6-14(7-9-15)17-13(3)20/h6-9,12H,5,10-11H2,1-4H3,(H,17,20)(H,18,21)/t12-/m0/s1. The van der Waals surface area contributed by atoms with Crippen LogP contribution in [0.3, 0.4) is 0 Å². The molecule has 0 saturated heterocycles. The molecule has 1 rings (SSSR count). The van der Waals surface area contributed by atoms with Gasteiger partial charge in [0.05, 0.1) is 13.2 Å². The highest BCUT2D eigenvalue weighted by Crippen LogP contribution is 2.13. The Morgan fingerprint density at radius 1 is 1.18 bits per heavy atom. The monoisotopic (exact) mass is 307 g/mol. The van der Waals surface area contributed by atoms with E-state index >= 15 is 0 Å². The molecule has 0 radical (unpaired) electrons. The maximum atomic E-state index is 12.1. The number of likely N-dealkylation sites (N-methyl/N-ethyl adjacent to an activating group) is 1. The van der Waals surface area contributed by atoms with Crippen LogP contribution in [0, 0.1) is 0 Å². The van der Waals surface area contributed by atoms with Gasteiger partial charge in [-0.2, -0.15) is 0 Å². The van der Waals surface area contributed by atoms with Crippen LogP contribution in [0.1, 0.15) is 20.8 Å². The molecule has 0 heterocycles. The first-order chi connectivity index (χ1) is 10.5. The molecule has 1 aromatic rings. The number of benzene rings is 1. The van der Waals surface area contributed by atoms with Crippen LogP contribution in [-0.2, 0) is 14.3 Å². The van der Waals surface area contributed by atoms with Gasteiger partial charge in [0.1, 0.15) is 0 Å². The Morgan fingerprint density at radius 2 is 1.73 bits per heavy atom. The number of hydrogen-bond acceptors (Lipinski definition) is 4. The first kappa shape index (κ1) is 18.1. The van der Waals surface area contributed by atoms with Crippen molar-refractivity contribution < 1.29 is 14.3 Å². The molecule has 1 atom stereocenters. The molecule has 0 unspecified atom stereocenters. The number of anilines is 2. The van der Waals surface area contributed by atoms with Crippen molar-refractivity contribution in [3.63, 3.8) is 0 Å². The Hall–Kier alpha value is -1.92. The van der Waals surface area contributed by atoms with E-state index in [9.17, 15) is 9.59 Å². The van der Waals surface area contributed by atoms with Gasteiger partial charge in [-0.05, 0) is 37.7 Å². The summed E-state index contributed by atoms with van der Waals surface area (Å²) in [7, 11) is 1.65. The van der Waals surface area contributed by atoms with Crippen LogP contribution in [-0.4, -0.2) is 49.6 Å². The predicted octanol–water partition coefficient (Wildman–Crippen LogP) is 1.94. The fraction of sp³-hybridized carbons (Fsp3) is 0.500. The van der Waals surface area contributed by atoms with E-state index in [0.717, 1.165) is 6.54 Å². The lowest BCUT2D eigenvalue weighted by atomic mass is 10.2. The van der Waals surface area contributed by atoms with Gasteiger partial charge in [0.15, 0.2) is 0 Å². The topological polar surface area (TPSA) is 70.7 Å². The molecule has 6 nitrogen and oxygen atoms in total. The lowest BCUT2D eigenvalue weighted by Crippen LogP contribution is -2.41. The molecular weight excluding hydrogens is 282 g/mol. The highest BCUT2D eigenvalue weighted by molar-refractivity contribution is 5.93. The van der Waals surface area contributed by atoms with E-state index in [1.54, 1.807) is 31.4 Å². The third-order valence-electron chi connectivity index (χ3n) is 3.27. The molecule has 0 spiro atoms. The van der Waals surface area contributed by atoms with E-state index in [4.69, 9.17) is 4.74 Å². The summed E-state index contributed by atoms with van der Waals surface area (Å²) in [6.45, 7) is 7.18. The van der Waals surface area contributed by atoms with Crippen LogP contribution in [0.15, 0.2) is 24.3 Å². The van der Waals surface area contributed by atoms with E-state index in [2.05, 4.69) is 10.6 Å². The van der Waals surface area contributed by atoms with Crippen molar-refractivity contribution in [2.24, 2.45) is 0 Å². The van der Waals surface area contributed by atoms with E-state index in [-0.39, 0.29) is 17.9 Å². The zero-order valence-corrected chi connectivity index (χ0v) is 13.7. The normalized spacial score (nSPS) is 12.0. The summed E-state index contributed by atoms with van der Waals surface area (Å²) in [5, 5.41) is 5.53. The van der Waals surface area contributed by atoms with Gasteiger partial charge < -0.3 is 15.4 Å². The second-order valence-electron chi connectivity index (χ2n) is 5.17. The highest BCUT2D eigenvalue weighted by atomic mass is 16.5. The third kappa shape index (κ3) is 6.24. The Labute approximate surface area is 131 Å². The van der Waals surface area contributed by atoms with Gasteiger partial charge >= 0.3 is 0 Å². The maximum absolute atomic E-state index is 12.1. The van der Waals surface area contributed by atoms with Crippen molar-refractivity contribution in [3.8, 4) is 0 Å². The smallest absolute Gasteiger partial charge is 0.238 e. The van der Waals surface area contributed by atoms with Gasteiger partial charge in [-0.3, -0.25) is 14.5 Å². The summed E-state index contributed by atoms with van der Waals surface area (Å²) >= 11 is 0. The molecular formula is C16H25N3O3.